The van der Waals surface area contributed by atoms with Gasteiger partial charge in [0.1, 0.15) is 11.6 Å². The number of benzene rings is 3. The second-order valence-electron chi connectivity index (χ2n) is 9.73. The predicted octanol–water partition coefficient (Wildman–Crippen LogP) is 6.86. The first-order chi connectivity index (χ1) is 15.7. The number of ether oxygens (including phenoxy) is 2. The van der Waals surface area contributed by atoms with Gasteiger partial charge in [-0.25, -0.2) is 8.78 Å². The Morgan fingerprint density at radius 1 is 0.939 bits per heavy atom. The normalized spacial score (nSPS) is 20.1. The maximum absolute atomic E-state index is 15.1. The van der Waals surface area contributed by atoms with Gasteiger partial charge in [-0.3, -0.25) is 4.90 Å². The van der Waals surface area contributed by atoms with E-state index >= 15 is 4.39 Å². The standard InChI is InChI=1S/C27H26BrF2NO2/c1-27(2,3)18-6-4-16(5-7-18)14-31-25(28)11-17-10-23-24(33-15-32-23)13-21(17)26(31)20-9-8-19(29)12-22(20)30/h4-10,12-13,25-26H,11,14-15H2,1-3H3. The Hall–Kier alpha value is -2.44. The Kier molecular flexibility index (Phi) is 5.69. The average molecular weight is 514 g/mol. The molecular weight excluding hydrogens is 488 g/mol. The molecule has 0 fully saturated rings. The fraction of sp³-hybridized carbons (Fsp3) is 0.333. The first-order valence-electron chi connectivity index (χ1n) is 11.1. The maximum Gasteiger partial charge on any atom is 0.231 e. The second-order valence-corrected chi connectivity index (χ2v) is 10.8. The molecule has 0 saturated heterocycles. The monoisotopic (exact) mass is 513 g/mol. The molecule has 3 aromatic carbocycles. The highest BCUT2D eigenvalue weighted by atomic mass is 79.9. The third kappa shape index (κ3) is 4.26. The number of halogens is 3. The molecule has 0 radical (unpaired) electrons. The molecule has 6 heteroatoms. The highest BCUT2D eigenvalue weighted by Crippen LogP contribution is 2.46. The number of hydrogen-bond donors (Lipinski definition) is 0. The summed E-state index contributed by atoms with van der Waals surface area (Å²) >= 11 is 3.84. The van der Waals surface area contributed by atoms with Crippen LogP contribution in [0.4, 0.5) is 8.78 Å². The minimum atomic E-state index is -0.585. The summed E-state index contributed by atoms with van der Waals surface area (Å²) in [7, 11) is 0. The molecule has 172 valence electrons. The molecule has 0 aliphatic carbocycles. The number of nitrogens with zero attached hydrogens (tertiary/aromatic N) is 1. The predicted molar refractivity (Wildman–Crippen MR) is 128 cm³/mol. The summed E-state index contributed by atoms with van der Waals surface area (Å²) in [5.41, 5.74) is 4.92. The lowest BCUT2D eigenvalue weighted by atomic mass is 9.86. The van der Waals surface area contributed by atoms with Crippen molar-refractivity contribution in [3.05, 3.63) is 94.0 Å². The zero-order chi connectivity index (χ0) is 23.3. The van der Waals surface area contributed by atoms with Crippen LogP contribution in [0.25, 0.3) is 0 Å². The molecule has 33 heavy (non-hydrogen) atoms. The zero-order valence-corrected chi connectivity index (χ0v) is 20.5. The van der Waals surface area contributed by atoms with E-state index in [1.54, 1.807) is 6.07 Å². The van der Waals surface area contributed by atoms with Crippen LogP contribution in [0.1, 0.15) is 54.6 Å². The zero-order valence-electron chi connectivity index (χ0n) is 18.9. The summed E-state index contributed by atoms with van der Waals surface area (Å²) in [5, 5.41) is 0. The molecule has 0 amide bonds. The van der Waals surface area contributed by atoms with Gasteiger partial charge in [-0.15, -0.1) is 0 Å². The topological polar surface area (TPSA) is 21.7 Å². The smallest absolute Gasteiger partial charge is 0.231 e. The van der Waals surface area contributed by atoms with Crippen LogP contribution < -0.4 is 9.47 Å². The maximum atomic E-state index is 15.1. The van der Waals surface area contributed by atoms with E-state index in [-0.39, 0.29) is 17.2 Å². The fourth-order valence-electron chi connectivity index (χ4n) is 4.65. The van der Waals surface area contributed by atoms with Crippen LogP contribution in [0.5, 0.6) is 11.5 Å². The van der Waals surface area contributed by atoms with Crippen LogP contribution in [-0.2, 0) is 18.4 Å². The number of rotatable bonds is 3. The van der Waals surface area contributed by atoms with Crippen LogP contribution in [0.3, 0.4) is 0 Å². The SMILES string of the molecule is CC(C)(C)c1ccc(CN2C(Br)Cc3cc4c(cc3C2c2ccc(F)cc2F)OCO4)cc1. The van der Waals surface area contributed by atoms with E-state index in [9.17, 15) is 4.39 Å². The third-order valence-electron chi connectivity index (χ3n) is 6.45. The van der Waals surface area contributed by atoms with Crippen molar-refractivity contribution in [2.24, 2.45) is 0 Å². The first-order valence-corrected chi connectivity index (χ1v) is 12.0. The lowest BCUT2D eigenvalue weighted by Gasteiger charge is -2.41. The van der Waals surface area contributed by atoms with Crippen molar-refractivity contribution in [1.82, 2.24) is 4.90 Å². The first kappa shape index (κ1) is 22.4. The van der Waals surface area contributed by atoms with E-state index in [1.807, 2.05) is 12.1 Å². The van der Waals surface area contributed by atoms with Crippen molar-refractivity contribution in [2.75, 3.05) is 6.79 Å². The molecule has 0 aromatic heterocycles. The second kappa shape index (κ2) is 8.41. The Morgan fingerprint density at radius 3 is 2.30 bits per heavy atom. The molecule has 5 rings (SSSR count). The van der Waals surface area contributed by atoms with Gasteiger partial charge in [0.2, 0.25) is 6.79 Å². The van der Waals surface area contributed by atoms with Crippen molar-refractivity contribution in [1.29, 1.82) is 0 Å². The number of alkyl halides is 1. The quantitative estimate of drug-likeness (QED) is 0.282. The van der Waals surface area contributed by atoms with E-state index in [0.29, 0.717) is 23.6 Å². The Balaban J connectivity index is 1.58. The third-order valence-corrected chi connectivity index (χ3v) is 7.30. The summed E-state index contributed by atoms with van der Waals surface area (Å²) < 4.78 is 40.0. The van der Waals surface area contributed by atoms with Crippen molar-refractivity contribution in [2.45, 2.75) is 50.1 Å². The highest BCUT2D eigenvalue weighted by molar-refractivity contribution is 9.09. The van der Waals surface area contributed by atoms with Gasteiger partial charge in [0.15, 0.2) is 11.5 Å². The van der Waals surface area contributed by atoms with Gasteiger partial charge >= 0.3 is 0 Å². The lowest BCUT2D eigenvalue weighted by molar-refractivity contribution is 0.173. The Labute approximate surface area is 201 Å². The lowest BCUT2D eigenvalue weighted by Crippen LogP contribution is -2.41. The van der Waals surface area contributed by atoms with Gasteiger partial charge in [0.25, 0.3) is 0 Å². The average Bonchev–Trinajstić information content (AvgIpc) is 3.21. The van der Waals surface area contributed by atoms with Gasteiger partial charge in [-0.1, -0.05) is 67.0 Å². The van der Waals surface area contributed by atoms with Crippen LogP contribution >= 0.6 is 15.9 Å². The van der Waals surface area contributed by atoms with E-state index in [1.165, 1.54) is 11.6 Å². The van der Waals surface area contributed by atoms with Gasteiger partial charge in [0, 0.05) is 18.2 Å². The van der Waals surface area contributed by atoms with E-state index in [4.69, 9.17) is 9.47 Å². The summed E-state index contributed by atoms with van der Waals surface area (Å²) in [6.45, 7) is 7.35. The van der Waals surface area contributed by atoms with Gasteiger partial charge in [-0.2, -0.15) is 0 Å². The summed E-state index contributed by atoms with van der Waals surface area (Å²) in [6, 6.07) is 15.9. The van der Waals surface area contributed by atoms with Crippen molar-refractivity contribution in [3.63, 3.8) is 0 Å². The van der Waals surface area contributed by atoms with Crippen LogP contribution in [0, 0.1) is 11.6 Å². The minimum Gasteiger partial charge on any atom is -0.454 e. The Bertz CT molecular complexity index is 1190. The summed E-state index contributed by atoms with van der Waals surface area (Å²) in [5.74, 6) is 0.220. The van der Waals surface area contributed by atoms with Crippen molar-refractivity contribution >= 4 is 15.9 Å². The molecule has 2 aliphatic rings. The van der Waals surface area contributed by atoms with Gasteiger partial charge in [-0.05, 0) is 52.3 Å². The molecule has 0 saturated carbocycles. The van der Waals surface area contributed by atoms with Crippen molar-refractivity contribution in [3.8, 4) is 11.5 Å². The largest absolute Gasteiger partial charge is 0.454 e. The molecule has 0 spiro atoms. The summed E-state index contributed by atoms with van der Waals surface area (Å²) in [6.07, 6.45) is 0.728. The Morgan fingerprint density at radius 2 is 1.64 bits per heavy atom. The van der Waals surface area contributed by atoms with Crippen LogP contribution in [0.15, 0.2) is 54.6 Å². The van der Waals surface area contributed by atoms with Gasteiger partial charge in [0.05, 0.1) is 11.0 Å². The molecule has 2 unspecified atom stereocenters. The summed E-state index contributed by atoms with van der Waals surface area (Å²) in [4.78, 5) is 2.18. The molecule has 0 N–H and O–H groups in total. The van der Waals surface area contributed by atoms with Crippen LogP contribution in [0.2, 0.25) is 0 Å². The highest BCUT2D eigenvalue weighted by Gasteiger charge is 2.37. The molecule has 2 aliphatic heterocycles. The van der Waals surface area contributed by atoms with E-state index < -0.39 is 17.7 Å². The molecule has 3 nitrogen and oxygen atoms in total. The van der Waals surface area contributed by atoms with E-state index in [0.717, 1.165) is 29.2 Å². The molecule has 3 aromatic rings. The molecule has 2 heterocycles. The fourth-order valence-corrected chi connectivity index (χ4v) is 5.38. The van der Waals surface area contributed by atoms with E-state index in [2.05, 4.69) is 65.9 Å². The van der Waals surface area contributed by atoms with Gasteiger partial charge < -0.3 is 9.47 Å². The molecule has 2 atom stereocenters. The minimum absolute atomic E-state index is 0.0397. The number of fused-ring (bicyclic) bond motifs is 2. The van der Waals surface area contributed by atoms with Crippen LogP contribution in [-0.4, -0.2) is 16.6 Å². The molecular formula is C27H26BrF2NO2. The number of hydrogen-bond acceptors (Lipinski definition) is 3. The molecule has 0 bridgehead atoms. The van der Waals surface area contributed by atoms with Crippen molar-refractivity contribution < 1.29 is 18.3 Å².